The number of carbonyl (C=O) groups excluding carboxylic acids is 2. The normalized spacial score (nSPS) is 11.7. The van der Waals surface area contributed by atoms with Gasteiger partial charge in [-0.3, -0.25) is 9.59 Å². The van der Waals surface area contributed by atoms with Gasteiger partial charge in [0.1, 0.15) is 17.5 Å². The molecule has 34 heavy (non-hydrogen) atoms. The molecular formula is C24H24F2N4O4. The highest BCUT2D eigenvalue weighted by Gasteiger charge is 2.20. The molecule has 0 saturated heterocycles. The van der Waals surface area contributed by atoms with Crippen LogP contribution in [0.5, 0.6) is 0 Å². The monoisotopic (exact) mass is 470 g/mol. The number of hydrogen-bond acceptors (Lipinski definition) is 6. The number of halogens is 2. The number of anilines is 2. The number of nitrogens with two attached hydrogens (primary N) is 1. The average Bonchev–Trinajstić information content (AvgIpc) is 2.78. The molecule has 8 nitrogen and oxygen atoms in total. The summed E-state index contributed by atoms with van der Waals surface area (Å²) in [4.78, 5) is 28.9. The lowest BCUT2D eigenvalue weighted by Gasteiger charge is -2.14. The third-order valence-electron chi connectivity index (χ3n) is 5.01. The van der Waals surface area contributed by atoms with Crippen LogP contribution in [-0.4, -0.2) is 42.2 Å². The van der Waals surface area contributed by atoms with Gasteiger partial charge in [0.25, 0.3) is 11.8 Å². The molecule has 0 aliphatic heterocycles. The van der Waals surface area contributed by atoms with Crippen LogP contribution < -0.4 is 16.4 Å². The summed E-state index contributed by atoms with van der Waals surface area (Å²) < 4.78 is 31.7. The first-order valence-corrected chi connectivity index (χ1v) is 10.3. The zero-order chi connectivity index (χ0) is 24.8. The Kier molecular flexibility index (Phi) is 7.87. The van der Waals surface area contributed by atoms with Crippen LogP contribution >= 0.6 is 0 Å². The van der Waals surface area contributed by atoms with Crippen LogP contribution in [0, 0.1) is 18.6 Å². The van der Waals surface area contributed by atoms with Crippen LogP contribution in [0.15, 0.2) is 48.7 Å². The summed E-state index contributed by atoms with van der Waals surface area (Å²) in [5.41, 5.74) is 8.36. The fourth-order valence-corrected chi connectivity index (χ4v) is 3.33. The zero-order valence-electron chi connectivity index (χ0n) is 18.6. The third kappa shape index (κ3) is 5.91. The van der Waals surface area contributed by atoms with E-state index in [4.69, 9.17) is 10.5 Å². The number of aromatic nitrogens is 1. The molecule has 0 bridgehead atoms. The number of hydrogen-bond donors (Lipinski definition) is 4. The number of nitrogens with zero attached hydrogens (tertiary/aromatic N) is 1. The molecule has 1 atom stereocenters. The molecule has 1 aromatic heterocycles. The van der Waals surface area contributed by atoms with Crippen molar-refractivity contribution in [3.8, 4) is 11.1 Å². The van der Waals surface area contributed by atoms with E-state index >= 15 is 0 Å². The molecule has 178 valence electrons. The molecule has 0 aliphatic rings. The number of rotatable bonds is 8. The molecule has 2 aromatic carbocycles. The van der Waals surface area contributed by atoms with Crippen molar-refractivity contribution in [2.75, 3.05) is 31.3 Å². The van der Waals surface area contributed by atoms with E-state index in [1.54, 1.807) is 31.2 Å². The van der Waals surface area contributed by atoms with Crippen LogP contribution in [0.25, 0.3) is 11.1 Å². The number of amides is 2. The molecule has 0 unspecified atom stereocenters. The SMILES string of the molecule is COCCNC(=O)c1cc(-c2ccc(NC(=O)[C@@H](O)c3cc(F)cc(F)c3)cc2C)cnc1N. The molecule has 3 aromatic rings. The minimum Gasteiger partial charge on any atom is -0.383 e. The van der Waals surface area contributed by atoms with Crippen molar-refractivity contribution in [2.45, 2.75) is 13.0 Å². The first kappa shape index (κ1) is 24.7. The van der Waals surface area contributed by atoms with Gasteiger partial charge in [0.05, 0.1) is 12.2 Å². The number of nitrogens with one attached hydrogen (secondary N) is 2. The van der Waals surface area contributed by atoms with E-state index in [1.165, 1.54) is 13.3 Å². The quantitative estimate of drug-likeness (QED) is 0.375. The molecule has 0 radical (unpaired) electrons. The Morgan fingerprint density at radius 1 is 1.15 bits per heavy atom. The smallest absolute Gasteiger partial charge is 0.257 e. The van der Waals surface area contributed by atoms with Crippen molar-refractivity contribution in [3.05, 3.63) is 77.0 Å². The third-order valence-corrected chi connectivity index (χ3v) is 5.01. The van der Waals surface area contributed by atoms with Crippen LogP contribution in [-0.2, 0) is 9.53 Å². The Balaban J connectivity index is 1.78. The summed E-state index contributed by atoms with van der Waals surface area (Å²) in [6.07, 6.45) is -0.227. The Hall–Kier alpha value is -3.89. The number of methoxy groups -OCH3 is 1. The fraction of sp³-hybridized carbons (Fsp3) is 0.208. The average molecular weight is 470 g/mol. The fourth-order valence-electron chi connectivity index (χ4n) is 3.33. The Labute approximate surface area is 194 Å². The number of benzene rings is 2. The standard InChI is InChI=1S/C24H24F2N4O4/c1-13-7-18(30-24(33)21(31)14-8-16(25)11-17(26)9-14)3-4-19(13)15-10-20(22(27)29-12-15)23(32)28-5-6-34-2/h3-4,7-12,21,31H,5-6H2,1-2H3,(H2,27,29)(H,28,32)(H,30,33)/t21-/m0/s1. The van der Waals surface area contributed by atoms with Crippen LogP contribution in [0.4, 0.5) is 20.3 Å². The van der Waals surface area contributed by atoms with Gasteiger partial charge < -0.3 is 26.2 Å². The largest absolute Gasteiger partial charge is 0.383 e. The van der Waals surface area contributed by atoms with Crippen LogP contribution in [0.2, 0.25) is 0 Å². The first-order chi connectivity index (χ1) is 16.2. The molecule has 5 N–H and O–H groups in total. The van der Waals surface area contributed by atoms with Gasteiger partial charge in [0.2, 0.25) is 0 Å². The van der Waals surface area contributed by atoms with Gasteiger partial charge in [-0.1, -0.05) is 6.07 Å². The van der Waals surface area contributed by atoms with Gasteiger partial charge in [-0.25, -0.2) is 13.8 Å². The maximum Gasteiger partial charge on any atom is 0.257 e. The van der Waals surface area contributed by atoms with E-state index in [-0.39, 0.29) is 22.9 Å². The van der Waals surface area contributed by atoms with E-state index < -0.39 is 23.6 Å². The van der Waals surface area contributed by atoms with Crippen LogP contribution in [0.3, 0.4) is 0 Å². The second-order valence-corrected chi connectivity index (χ2v) is 7.53. The Bertz CT molecular complexity index is 1200. The summed E-state index contributed by atoms with van der Waals surface area (Å²) in [6.45, 7) is 2.46. The lowest BCUT2D eigenvalue weighted by atomic mass is 9.99. The van der Waals surface area contributed by atoms with E-state index in [0.29, 0.717) is 30.5 Å². The van der Waals surface area contributed by atoms with Crippen molar-refractivity contribution in [2.24, 2.45) is 0 Å². The lowest BCUT2D eigenvalue weighted by Crippen LogP contribution is -2.28. The summed E-state index contributed by atoms with van der Waals surface area (Å²) in [5.74, 6) is -2.94. The van der Waals surface area contributed by atoms with E-state index in [9.17, 15) is 23.5 Å². The Morgan fingerprint density at radius 2 is 1.85 bits per heavy atom. The van der Waals surface area contributed by atoms with Crippen molar-refractivity contribution in [3.63, 3.8) is 0 Å². The predicted octanol–water partition coefficient (Wildman–Crippen LogP) is 2.97. The van der Waals surface area contributed by atoms with Crippen molar-refractivity contribution in [1.82, 2.24) is 10.3 Å². The Morgan fingerprint density at radius 3 is 2.50 bits per heavy atom. The minimum atomic E-state index is -1.76. The first-order valence-electron chi connectivity index (χ1n) is 10.3. The van der Waals surface area contributed by atoms with Crippen LogP contribution in [0.1, 0.15) is 27.6 Å². The van der Waals surface area contributed by atoms with Crippen molar-refractivity contribution in [1.29, 1.82) is 0 Å². The topological polar surface area (TPSA) is 127 Å². The summed E-state index contributed by atoms with van der Waals surface area (Å²) >= 11 is 0. The molecule has 0 aliphatic carbocycles. The van der Waals surface area contributed by atoms with Gasteiger partial charge in [-0.2, -0.15) is 0 Å². The highest BCUT2D eigenvalue weighted by molar-refractivity contribution is 5.99. The molecule has 3 rings (SSSR count). The predicted molar refractivity (Wildman–Crippen MR) is 123 cm³/mol. The molecular weight excluding hydrogens is 446 g/mol. The van der Waals surface area contributed by atoms with E-state index in [2.05, 4.69) is 15.6 Å². The van der Waals surface area contributed by atoms with E-state index in [0.717, 1.165) is 23.3 Å². The minimum absolute atomic E-state index is 0.0861. The summed E-state index contributed by atoms with van der Waals surface area (Å²) in [6, 6.07) is 9.00. The van der Waals surface area contributed by atoms with Gasteiger partial charge in [-0.15, -0.1) is 0 Å². The van der Waals surface area contributed by atoms with Gasteiger partial charge in [0.15, 0.2) is 6.10 Å². The highest BCUT2D eigenvalue weighted by atomic mass is 19.1. The highest BCUT2D eigenvalue weighted by Crippen LogP contribution is 2.28. The van der Waals surface area contributed by atoms with Gasteiger partial charge in [-0.05, 0) is 53.9 Å². The molecule has 0 fully saturated rings. The van der Waals surface area contributed by atoms with Gasteiger partial charge in [0, 0.05) is 37.2 Å². The second-order valence-electron chi connectivity index (χ2n) is 7.53. The molecule has 0 spiro atoms. The van der Waals surface area contributed by atoms with Crippen molar-refractivity contribution < 1.29 is 28.2 Å². The zero-order valence-corrected chi connectivity index (χ0v) is 18.6. The van der Waals surface area contributed by atoms with Gasteiger partial charge >= 0.3 is 0 Å². The number of aliphatic hydroxyl groups excluding tert-OH is 1. The van der Waals surface area contributed by atoms with Crippen molar-refractivity contribution >= 4 is 23.3 Å². The molecule has 1 heterocycles. The number of carbonyl (C=O) groups is 2. The number of aliphatic hydroxyl groups is 1. The second kappa shape index (κ2) is 10.8. The molecule has 0 saturated carbocycles. The summed E-state index contributed by atoms with van der Waals surface area (Å²) in [7, 11) is 1.53. The lowest BCUT2D eigenvalue weighted by molar-refractivity contribution is -0.124. The molecule has 2 amide bonds. The maximum atomic E-state index is 13.4. The number of pyridine rings is 1. The number of aryl methyl sites for hydroxylation is 1. The van der Waals surface area contributed by atoms with E-state index in [1.807, 2.05) is 0 Å². The maximum absolute atomic E-state index is 13.4. The molecule has 10 heteroatoms. The number of nitrogen functional groups attached to an aromatic ring is 1. The summed E-state index contributed by atoms with van der Waals surface area (Å²) in [5, 5.41) is 15.4. The number of ether oxygens (including phenoxy) is 1.